The van der Waals surface area contributed by atoms with Crippen molar-refractivity contribution in [3.8, 4) is 11.5 Å². The lowest BCUT2D eigenvalue weighted by Gasteiger charge is -2.28. The van der Waals surface area contributed by atoms with Crippen LogP contribution in [0, 0.1) is 5.92 Å². The van der Waals surface area contributed by atoms with E-state index in [-0.39, 0.29) is 18.1 Å². The number of dihydropyridines is 1. The van der Waals surface area contributed by atoms with Crippen LogP contribution < -0.4 is 9.47 Å². The smallest absolute Gasteiger partial charge is 0.322 e. The van der Waals surface area contributed by atoms with Gasteiger partial charge in [0.25, 0.3) is 5.91 Å². The highest BCUT2D eigenvalue weighted by Crippen LogP contribution is 2.39. The van der Waals surface area contributed by atoms with E-state index in [1.54, 1.807) is 26.4 Å². The molecule has 0 N–H and O–H groups in total. The van der Waals surface area contributed by atoms with E-state index in [9.17, 15) is 14.4 Å². The number of Topliss-reactive ketones (excluding diaryl/α,β-unsaturated/α-hetero) is 1. The molecule has 2 atom stereocenters. The molecule has 1 aromatic rings. The molecule has 0 aromatic heterocycles. The number of rotatable bonds is 4. The summed E-state index contributed by atoms with van der Waals surface area (Å²) < 4.78 is 15.2. The van der Waals surface area contributed by atoms with Crippen LogP contribution in [0.4, 0.5) is 0 Å². The molecule has 7 heteroatoms. The van der Waals surface area contributed by atoms with E-state index in [4.69, 9.17) is 9.47 Å². The lowest BCUT2D eigenvalue weighted by atomic mass is 9.77. The lowest BCUT2D eigenvalue weighted by molar-refractivity contribution is -0.147. The van der Waals surface area contributed by atoms with Gasteiger partial charge in [-0.25, -0.2) is 4.99 Å². The van der Waals surface area contributed by atoms with Gasteiger partial charge in [-0.05, 0) is 24.1 Å². The second-order valence-corrected chi connectivity index (χ2v) is 6.11. The molecule has 1 aromatic carbocycles. The molecule has 0 saturated heterocycles. The summed E-state index contributed by atoms with van der Waals surface area (Å²) in [7, 11) is 4.31. The Bertz CT molecular complexity index is 838. The number of aliphatic imine (C=N–C) groups is 1. The maximum Gasteiger partial charge on any atom is 0.322 e. The summed E-state index contributed by atoms with van der Waals surface area (Å²) in [6.07, 6.45) is 2.04. The Hall–Kier alpha value is -2.96. The van der Waals surface area contributed by atoms with Crippen LogP contribution in [0.25, 0.3) is 0 Å². The predicted molar refractivity (Wildman–Crippen MR) is 92.6 cm³/mol. The molecule has 2 aliphatic rings. The van der Waals surface area contributed by atoms with E-state index in [1.807, 2.05) is 6.07 Å². The van der Waals surface area contributed by atoms with Crippen LogP contribution in [0.1, 0.15) is 24.3 Å². The van der Waals surface area contributed by atoms with E-state index >= 15 is 0 Å². The highest BCUT2D eigenvalue weighted by Gasteiger charge is 2.38. The largest absolute Gasteiger partial charge is 0.497 e. The third kappa shape index (κ3) is 3.12. The Kier molecular flexibility index (Phi) is 4.88. The Morgan fingerprint density at radius 2 is 1.88 bits per heavy atom. The van der Waals surface area contributed by atoms with Crippen LogP contribution in [0.15, 0.2) is 34.8 Å². The number of ether oxygens (including phenoxy) is 3. The molecule has 3 rings (SSSR count). The van der Waals surface area contributed by atoms with Crippen LogP contribution in [-0.2, 0) is 19.1 Å². The van der Waals surface area contributed by atoms with Crippen molar-refractivity contribution in [1.29, 1.82) is 0 Å². The number of esters is 1. The summed E-state index contributed by atoms with van der Waals surface area (Å²) in [6.45, 7) is 0. The molecule has 2 unspecified atom stereocenters. The predicted octanol–water partition coefficient (Wildman–Crippen LogP) is 1.85. The van der Waals surface area contributed by atoms with Gasteiger partial charge in [0, 0.05) is 24.0 Å². The number of benzene rings is 1. The first-order valence-electron chi connectivity index (χ1n) is 8.15. The van der Waals surface area contributed by atoms with Crippen molar-refractivity contribution < 1.29 is 28.6 Å². The van der Waals surface area contributed by atoms with Crippen LogP contribution in [0.3, 0.4) is 0 Å². The quantitative estimate of drug-likeness (QED) is 0.603. The number of carbonyl (C=O) groups excluding carboxylic acids is 3. The standard InChI is InChI=1S/C19H19NO6/c1-24-11-4-5-12(17(8-11)25-2)10-6-15-13(16(21)7-10)9-14(18(22)20-15)19(23)26-3/h4-5,8-10,14H,6-7H2,1-3H3. The number of carbonyl (C=O) groups is 3. The van der Waals surface area contributed by atoms with E-state index < -0.39 is 17.8 Å². The molecule has 1 fully saturated rings. The summed E-state index contributed by atoms with van der Waals surface area (Å²) in [5.74, 6) is -1.51. The Morgan fingerprint density at radius 1 is 1.12 bits per heavy atom. The highest BCUT2D eigenvalue weighted by atomic mass is 16.5. The number of hydrogen-bond donors (Lipinski definition) is 0. The van der Waals surface area contributed by atoms with Crippen molar-refractivity contribution in [2.75, 3.05) is 21.3 Å². The fraction of sp³-hybridized carbons (Fsp3) is 0.368. The summed E-state index contributed by atoms with van der Waals surface area (Å²) in [4.78, 5) is 40.4. The topological polar surface area (TPSA) is 91.3 Å². The minimum atomic E-state index is -1.14. The van der Waals surface area contributed by atoms with E-state index in [0.29, 0.717) is 29.2 Å². The first-order chi connectivity index (χ1) is 12.5. The first-order valence-corrected chi connectivity index (χ1v) is 8.15. The minimum absolute atomic E-state index is 0.153. The van der Waals surface area contributed by atoms with Crippen LogP contribution in [-0.4, -0.2) is 44.7 Å². The van der Waals surface area contributed by atoms with E-state index in [0.717, 1.165) is 5.56 Å². The normalized spacial score (nSPS) is 22.1. The zero-order valence-electron chi connectivity index (χ0n) is 14.8. The second-order valence-electron chi connectivity index (χ2n) is 6.11. The van der Waals surface area contributed by atoms with Gasteiger partial charge >= 0.3 is 5.97 Å². The highest BCUT2D eigenvalue weighted by molar-refractivity contribution is 6.29. The van der Waals surface area contributed by atoms with Crippen LogP contribution in [0.5, 0.6) is 11.5 Å². The average Bonchev–Trinajstić information content (AvgIpc) is 2.66. The van der Waals surface area contributed by atoms with Crippen molar-refractivity contribution >= 4 is 23.4 Å². The molecule has 1 saturated carbocycles. The van der Waals surface area contributed by atoms with Gasteiger partial charge in [-0.3, -0.25) is 14.4 Å². The zero-order chi connectivity index (χ0) is 18.8. The molecular weight excluding hydrogens is 338 g/mol. The zero-order valence-corrected chi connectivity index (χ0v) is 14.8. The fourth-order valence-electron chi connectivity index (χ4n) is 3.32. The third-order valence-electron chi connectivity index (χ3n) is 4.66. The fourth-order valence-corrected chi connectivity index (χ4v) is 3.32. The molecule has 0 radical (unpaired) electrons. The number of fused-ring (bicyclic) bond motifs is 1. The van der Waals surface area contributed by atoms with Crippen molar-refractivity contribution in [3.05, 3.63) is 35.4 Å². The number of nitrogens with zero attached hydrogens (tertiary/aromatic N) is 1. The molecule has 1 aliphatic carbocycles. The molecule has 1 heterocycles. The van der Waals surface area contributed by atoms with E-state index in [2.05, 4.69) is 9.73 Å². The van der Waals surface area contributed by atoms with Crippen LogP contribution >= 0.6 is 0 Å². The van der Waals surface area contributed by atoms with Gasteiger partial charge in [-0.15, -0.1) is 0 Å². The van der Waals surface area contributed by atoms with Gasteiger partial charge in [0.15, 0.2) is 11.7 Å². The summed E-state index contributed by atoms with van der Waals surface area (Å²) in [5.41, 5.74) is 1.60. The average molecular weight is 357 g/mol. The third-order valence-corrected chi connectivity index (χ3v) is 4.66. The van der Waals surface area contributed by atoms with Gasteiger partial charge in [-0.2, -0.15) is 0 Å². The molecule has 0 bridgehead atoms. The second kappa shape index (κ2) is 7.11. The lowest BCUT2D eigenvalue weighted by Crippen LogP contribution is -2.34. The number of amides is 1. The number of hydrogen-bond acceptors (Lipinski definition) is 6. The SMILES string of the molecule is COC(=O)C1C=C2C(=O)CC(c3ccc(OC)cc3OC)CC2=NC1=O. The van der Waals surface area contributed by atoms with Gasteiger partial charge < -0.3 is 14.2 Å². The van der Waals surface area contributed by atoms with Gasteiger partial charge in [0.1, 0.15) is 11.5 Å². The van der Waals surface area contributed by atoms with Gasteiger partial charge in [0.2, 0.25) is 0 Å². The Balaban J connectivity index is 1.92. The maximum atomic E-state index is 12.6. The minimum Gasteiger partial charge on any atom is -0.497 e. The number of ketones is 1. The molecule has 136 valence electrons. The summed E-state index contributed by atoms with van der Waals surface area (Å²) in [6, 6.07) is 5.41. The summed E-state index contributed by atoms with van der Waals surface area (Å²) in [5, 5.41) is 0. The van der Waals surface area contributed by atoms with Crippen molar-refractivity contribution in [2.45, 2.75) is 18.8 Å². The Morgan fingerprint density at radius 3 is 2.54 bits per heavy atom. The molecule has 1 amide bonds. The van der Waals surface area contributed by atoms with Crippen LogP contribution in [0.2, 0.25) is 0 Å². The first kappa shape index (κ1) is 17.8. The van der Waals surface area contributed by atoms with Crippen molar-refractivity contribution in [1.82, 2.24) is 0 Å². The van der Waals surface area contributed by atoms with E-state index in [1.165, 1.54) is 13.2 Å². The number of allylic oxidation sites excluding steroid dienone is 1. The summed E-state index contributed by atoms with van der Waals surface area (Å²) >= 11 is 0. The molecule has 0 spiro atoms. The molecular formula is C19H19NO6. The van der Waals surface area contributed by atoms with Gasteiger partial charge in [0.05, 0.1) is 27.0 Å². The van der Waals surface area contributed by atoms with Crippen molar-refractivity contribution in [2.24, 2.45) is 10.9 Å². The monoisotopic (exact) mass is 357 g/mol. The molecule has 26 heavy (non-hydrogen) atoms. The van der Waals surface area contributed by atoms with Gasteiger partial charge in [-0.1, -0.05) is 6.07 Å². The number of methoxy groups -OCH3 is 3. The Labute approximate surface area is 150 Å². The molecule has 7 nitrogen and oxygen atoms in total. The van der Waals surface area contributed by atoms with Crippen molar-refractivity contribution in [3.63, 3.8) is 0 Å². The molecule has 1 aliphatic heterocycles. The maximum absolute atomic E-state index is 12.6.